The molecule has 7 nitrogen and oxygen atoms in total. The third-order valence-corrected chi connectivity index (χ3v) is 6.06. The number of urea groups is 2. The molecule has 156 valence electrons. The maximum Gasteiger partial charge on any atom is 0.325 e. The monoisotopic (exact) mass is 426 g/mol. The van der Waals surface area contributed by atoms with Gasteiger partial charge in [0, 0.05) is 13.1 Å². The van der Waals surface area contributed by atoms with Gasteiger partial charge in [0.05, 0.1) is 17.3 Å². The van der Waals surface area contributed by atoms with E-state index in [0.29, 0.717) is 36.6 Å². The molecule has 0 atom stereocenters. The summed E-state index contributed by atoms with van der Waals surface area (Å²) in [5.74, 6) is -0.223. The number of halogens is 1. The smallest absolute Gasteiger partial charge is 0.324 e. The maximum atomic E-state index is 13.1. The van der Waals surface area contributed by atoms with Crippen molar-refractivity contribution in [2.45, 2.75) is 31.8 Å². The number of likely N-dealkylation sites (tertiary alicyclic amines) is 1. The second-order valence-electron chi connectivity index (χ2n) is 7.79. The lowest BCUT2D eigenvalue weighted by Gasteiger charge is -2.37. The van der Waals surface area contributed by atoms with Crippen LogP contribution in [0.1, 0.15) is 24.0 Å². The molecule has 4 rings (SSSR count). The van der Waals surface area contributed by atoms with Gasteiger partial charge in [-0.25, -0.2) is 9.59 Å². The van der Waals surface area contributed by atoms with Gasteiger partial charge in [-0.05, 0) is 37.5 Å². The number of amides is 5. The molecule has 2 aliphatic rings. The molecule has 2 aromatic carbocycles. The maximum absolute atomic E-state index is 13.1. The van der Waals surface area contributed by atoms with Crippen LogP contribution in [0, 0.1) is 6.92 Å². The lowest BCUT2D eigenvalue weighted by atomic mass is 9.87. The fraction of sp³-hybridized carbons (Fsp3) is 0.318. The Bertz CT molecular complexity index is 984. The first-order chi connectivity index (χ1) is 14.4. The van der Waals surface area contributed by atoms with Crippen LogP contribution < -0.4 is 10.6 Å². The van der Waals surface area contributed by atoms with Crippen molar-refractivity contribution in [3.63, 3.8) is 0 Å². The van der Waals surface area contributed by atoms with E-state index in [2.05, 4.69) is 10.6 Å². The first-order valence-electron chi connectivity index (χ1n) is 9.88. The van der Waals surface area contributed by atoms with E-state index in [-0.39, 0.29) is 24.5 Å². The Morgan fingerprint density at radius 1 is 1.10 bits per heavy atom. The molecule has 1 spiro atoms. The van der Waals surface area contributed by atoms with Gasteiger partial charge in [0.2, 0.25) is 0 Å². The Kier molecular flexibility index (Phi) is 5.39. The van der Waals surface area contributed by atoms with Gasteiger partial charge in [0.1, 0.15) is 5.54 Å². The number of hydrogen-bond donors (Lipinski definition) is 2. The molecule has 0 unspecified atom stereocenters. The van der Waals surface area contributed by atoms with Crippen molar-refractivity contribution in [3.05, 3.63) is 64.7 Å². The number of nitrogens with one attached hydrogen (secondary N) is 2. The molecule has 0 aliphatic carbocycles. The van der Waals surface area contributed by atoms with Gasteiger partial charge < -0.3 is 15.5 Å². The molecular formula is C22H23ClN4O3. The van der Waals surface area contributed by atoms with Crippen molar-refractivity contribution in [1.29, 1.82) is 0 Å². The molecule has 2 aromatic rings. The number of aryl methyl sites for hydroxylation is 1. The molecule has 8 heteroatoms. The first kappa shape index (κ1) is 20.2. The molecule has 2 heterocycles. The summed E-state index contributed by atoms with van der Waals surface area (Å²) in [6, 6.07) is 14.1. The predicted molar refractivity (Wildman–Crippen MR) is 114 cm³/mol. The van der Waals surface area contributed by atoms with Crippen molar-refractivity contribution in [1.82, 2.24) is 15.1 Å². The molecule has 0 saturated carbocycles. The number of piperidine rings is 1. The van der Waals surface area contributed by atoms with Gasteiger partial charge >= 0.3 is 12.1 Å². The number of carbonyl (C=O) groups excluding carboxylic acids is 3. The number of nitrogens with zero attached hydrogens (tertiary/aromatic N) is 2. The molecule has 2 fully saturated rings. The fourth-order valence-electron chi connectivity index (χ4n) is 3.88. The molecule has 30 heavy (non-hydrogen) atoms. The van der Waals surface area contributed by atoms with Gasteiger partial charge in [-0.1, -0.05) is 53.6 Å². The summed E-state index contributed by atoms with van der Waals surface area (Å²) in [4.78, 5) is 41.1. The standard InChI is InChI=1S/C22H23ClN4O3/c1-15-6-8-16(9-7-15)14-27-19(28)22(25-21(27)30)10-12-26(13-11-22)20(29)24-18-5-3-2-4-17(18)23/h2-9H,10-14H2,1H3,(H,24,29)(H,25,30). The zero-order valence-corrected chi connectivity index (χ0v) is 17.4. The van der Waals surface area contributed by atoms with Crippen LogP contribution in [0.3, 0.4) is 0 Å². The van der Waals surface area contributed by atoms with Crippen molar-refractivity contribution in [3.8, 4) is 0 Å². The molecule has 0 bridgehead atoms. The first-order valence-corrected chi connectivity index (χ1v) is 10.3. The quantitative estimate of drug-likeness (QED) is 0.733. The highest BCUT2D eigenvalue weighted by molar-refractivity contribution is 6.33. The third-order valence-electron chi connectivity index (χ3n) is 5.73. The van der Waals surface area contributed by atoms with Gasteiger partial charge in [0.25, 0.3) is 5.91 Å². The second kappa shape index (κ2) is 7.99. The number of imide groups is 1. The SMILES string of the molecule is Cc1ccc(CN2C(=O)NC3(CCN(C(=O)Nc4ccccc4Cl)CC3)C2=O)cc1. The largest absolute Gasteiger partial charge is 0.325 e. The van der Waals surface area contributed by atoms with E-state index in [1.807, 2.05) is 31.2 Å². The average Bonchev–Trinajstić information content (AvgIpc) is 2.96. The summed E-state index contributed by atoms with van der Waals surface area (Å²) in [6.07, 6.45) is 0.746. The van der Waals surface area contributed by atoms with Crippen LogP contribution in [0.4, 0.5) is 15.3 Å². The minimum atomic E-state index is -0.942. The molecular weight excluding hydrogens is 404 g/mol. The number of benzene rings is 2. The Labute approximate surface area is 180 Å². The number of anilines is 1. The number of para-hydroxylation sites is 1. The molecule has 2 aliphatic heterocycles. The van der Waals surface area contributed by atoms with E-state index in [1.165, 1.54) is 4.90 Å². The van der Waals surface area contributed by atoms with Crippen LogP contribution in [0.15, 0.2) is 48.5 Å². The highest BCUT2D eigenvalue weighted by Gasteiger charge is 2.52. The summed E-state index contributed by atoms with van der Waals surface area (Å²) in [5, 5.41) is 6.14. The van der Waals surface area contributed by atoms with Crippen LogP contribution in [0.2, 0.25) is 5.02 Å². The third kappa shape index (κ3) is 3.85. The lowest BCUT2D eigenvalue weighted by Crippen LogP contribution is -2.56. The Morgan fingerprint density at radius 2 is 1.77 bits per heavy atom. The van der Waals surface area contributed by atoms with Gasteiger partial charge in [-0.2, -0.15) is 0 Å². The van der Waals surface area contributed by atoms with E-state index in [1.54, 1.807) is 29.2 Å². The molecule has 0 aromatic heterocycles. The highest BCUT2D eigenvalue weighted by atomic mass is 35.5. The average molecular weight is 427 g/mol. The van der Waals surface area contributed by atoms with Crippen LogP contribution in [0.25, 0.3) is 0 Å². The fourth-order valence-corrected chi connectivity index (χ4v) is 4.07. The second-order valence-corrected chi connectivity index (χ2v) is 8.19. The molecule has 0 radical (unpaired) electrons. The van der Waals surface area contributed by atoms with Crippen LogP contribution in [0.5, 0.6) is 0 Å². The topological polar surface area (TPSA) is 81.8 Å². The Hall–Kier alpha value is -3.06. The molecule has 5 amide bonds. The van der Waals surface area contributed by atoms with E-state index in [4.69, 9.17) is 11.6 Å². The van der Waals surface area contributed by atoms with Crippen LogP contribution in [-0.2, 0) is 11.3 Å². The summed E-state index contributed by atoms with van der Waals surface area (Å²) in [7, 11) is 0. The zero-order valence-electron chi connectivity index (χ0n) is 16.7. The van der Waals surface area contributed by atoms with Gasteiger partial charge in [0.15, 0.2) is 0 Å². The van der Waals surface area contributed by atoms with Gasteiger partial charge in [-0.3, -0.25) is 9.69 Å². The van der Waals surface area contributed by atoms with Crippen LogP contribution >= 0.6 is 11.6 Å². The Morgan fingerprint density at radius 3 is 2.43 bits per heavy atom. The van der Waals surface area contributed by atoms with E-state index in [0.717, 1.165) is 11.1 Å². The summed E-state index contributed by atoms with van der Waals surface area (Å²) < 4.78 is 0. The summed E-state index contributed by atoms with van der Waals surface area (Å²) >= 11 is 6.10. The number of hydrogen-bond acceptors (Lipinski definition) is 3. The summed E-state index contributed by atoms with van der Waals surface area (Å²) in [5.41, 5.74) is 1.62. The predicted octanol–water partition coefficient (Wildman–Crippen LogP) is 3.77. The lowest BCUT2D eigenvalue weighted by molar-refractivity contribution is -0.133. The summed E-state index contributed by atoms with van der Waals surface area (Å²) in [6.45, 7) is 2.95. The van der Waals surface area contributed by atoms with Crippen molar-refractivity contribution >= 4 is 35.3 Å². The minimum absolute atomic E-state index is 0.223. The van der Waals surface area contributed by atoms with Crippen molar-refractivity contribution < 1.29 is 14.4 Å². The molecule has 2 N–H and O–H groups in total. The Balaban J connectivity index is 1.39. The number of rotatable bonds is 3. The zero-order chi connectivity index (χ0) is 21.3. The minimum Gasteiger partial charge on any atom is -0.324 e. The van der Waals surface area contributed by atoms with Crippen molar-refractivity contribution in [2.24, 2.45) is 0 Å². The van der Waals surface area contributed by atoms with Crippen LogP contribution in [-0.4, -0.2) is 46.4 Å². The van der Waals surface area contributed by atoms with E-state index >= 15 is 0 Å². The molecule has 2 saturated heterocycles. The number of carbonyl (C=O) groups is 3. The van der Waals surface area contributed by atoms with E-state index < -0.39 is 5.54 Å². The van der Waals surface area contributed by atoms with E-state index in [9.17, 15) is 14.4 Å². The normalized spacial score (nSPS) is 17.9. The van der Waals surface area contributed by atoms with Crippen molar-refractivity contribution in [2.75, 3.05) is 18.4 Å². The van der Waals surface area contributed by atoms with Gasteiger partial charge in [-0.15, -0.1) is 0 Å². The highest BCUT2D eigenvalue weighted by Crippen LogP contribution is 2.31.